The highest BCUT2D eigenvalue weighted by molar-refractivity contribution is 5.72. The molecule has 0 spiro atoms. The Morgan fingerprint density at radius 3 is 2.52 bits per heavy atom. The van der Waals surface area contributed by atoms with Gasteiger partial charge in [-0.2, -0.15) is 5.26 Å². The van der Waals surface area contributed by atoms with Gasteiger partial charge >= 0.3 is 6.09 Å². The number of carbonyl (C=O) groups excluding carboxylic acids is 1. The summed E-state index contributed by atoms with van der Waals surface area (Å²) in [6.07, 6.45) is 3.94. The summed E-state index contributed by atoms with van der Waals surface area (Å²) in [6.45, 7) is 9.36. The molecule has 2 aromatic heterocycles. The third-order valence-corrected chi connectivity index (χ3v) is 4.46. The fourth-order valence-electron chi connectivity index (χ4n) is 3.23. The maximum absolute atomic E-state index is 11.9. The maximum atomic E-state index is 11.9. The van der Waals surface area contributed by atoms with Gasteiger partial charge in [-0.3, -0.25) is 4.98 Å². The maximum Gasteiger partial charge on any atom is 0.408 e. The molecule has 0 aliphatic heterocycles. The van der Waals surface area contributed by atoms with Crippen molar-refractivity contribution in [3.8, 4) is 17.2 Å². The second-order valence-electron chi connectivity index (χ2n) is 8.22. The molecule has 6 heteroatoms. The fraction of sp³-hybridized carbons (Fsp3) is 0.348. The lowest BCUT2D eigenvalue weighted by Gasteiger charge is -2.21. The highest BCUT2D eigenvalue weighted by atomic mass is 16.6. The molecule has 1 N–H and O–H groups in total. The Hall–Kier alpha value is -3.33. The summed E-state index contributed by atoms with van der Waals surface area (Å²) >= 11 is 0. The van der Waals surface area contributed by atoms with E-state index in [0.717, 1.165) is 33.6 Å². The molecule has 0 saturated carbocycles. The van der Waals surface area contributed by atoms with E-state index in [1.54, 1.807) is 20.8 Å². The highest BCUT2D eigenvalue weighted by Gasteiger charge is 2.19. The first kappa shape index (κ1) is 20.4. The van der Waals surface area contributed by atoms with Gasteiger partial charge in [-0.05, 0) is 51.8 Å². The largest absolute Gasteiger partial charge is 0.444 e. The third-order valence-electron chi connectivity index (χ3n) is 4.46. The van der Waals surface area contributed by atoms with E-state index in [2.05, 4.69) is 33.0 Å². The Balaban J connectivity index is 1.72. The molecule has 3 rings (SSSR count). The predicted octanol–water partition coefficient (Wildman–Crippen LogP) is 4.58. The van der Waals surface area contributed by atoms with Crippen molar-refractivity contribution < 1.29 is 9.53 Å². The zero-order valence-electron chi connectivity index (χ0n) is 17.5. The number of benzene rings is 1. The first-order chi connectivity index (χ1) is 13.6. The van der Waals surface area contributed by atoms with Crippen molar-refractivity contribution in [1.82, 2.24) is 14.7 Å². The van der Waals surface area contributed by atoms with Crippen LogP contribution in [0.15, 0.2) is 42.7 Å². The summed E-state index contributed by atoms with van der Waals surface area (Å²) in [5, 5.41) is 12.0. The van der Waals surface area contributed by atoms with Gasteiger partial charge < -0.3 is 14.5 Å². The van der Waals surface area contributed by atoms with E-state index in [-0.39, 0.29) is 0 Å². The van der Waals surface area contributed by atoms with Gasteiger partial charge in [0, 0.05) is 24.4 Å². The number of alkyl carbamates (subject to hydrolysis) is 1. The lowest BCUT2D eigenvalue weighted by Crippen LogP contribution is -2.39. The summed E-state index contributed by atoms with van der Waals surface area (Å²) < 4.78 is 7.32. The molecule has 1 atom stereocenters. The molecule has 0 saturated heterocycles. The first-order valence-corrected chi connectivity index (χ1v) is 9.59. The Morgan fingerprint density at radius 2 is 1.90 bits per heavy atom. The number of nitrogens with one attached hydrogen (secondary N) is 1. The van der Waals surface area contributed by atoms with Gasteiger partial charge in [-0.1, -0.05) is 24.3 Å². The Kier molecular flexibility index (Phi) is 5.60. The van der Waals surface area contributed by atoms with Gasteiger partial charge in [0.05, 0.1) is 23.0 Å². The van der Waals surface area contributed by atoms with Gasteiger partial charge in [-0.25, -0.2) is 4.79 Å². The van der Waals surface area contributed by atoms with E-state index in [0.29, 0.717) is 6.42 Å². The molecule has 0 bridgehead atoms. The molecule has 2 heterocycles. The van der Waals surface area contributed by atoms with Crippen molar-refractivity contribution >= 4 is 11.6 Å². The number of rotatable bonds is 4. The topological polar surface area (TPSA) is 79.4 Å². The van der Waals surface area contributed by atoms with Gasteiger partial charge in [0.15, 0.2) is 0 Å². The molecule has 3 aromatic rings. The van der Waals surface area contributed by atoms with Gasteiger partial charge in [-0.15, -0.1) is 0 Å². The number of ether oxygens (including phenoxy) is 1. The molecular weight excluding hydrogens is 364 g/mol. The molecule has 0 aliphatic rings. The lowest BCUT2D eigenvalue weighted by atomic mass is 10.0. The Morgan fingerprint density at radius 1 is 1.21 bits per heavy atom. The number of nitriles is 1. The number of nitrogens with zero attached hydrogens (tertiary/aromatic N) is 3. The van der Waals surface area contributed by atoms with Crippen LogP contribution >= 0.6 is 0 Å². The lowest BCUT2D eigenvalue weighted by molar-refractivity contribution is 0.0516. The number of amides is 1. The smallest absolute Gasteiger partial charge is 0.408 e. The van der Waals surface area contributed by atoms with Crippen LogP contribution in [0.25, 0.3) is 16.6 Å². The Labute approximate surface area is 171 Å². The third kappa shape index (κ3) is 5.14. The molecule has 0 unspecified atom stereocenters. The molecule has 0 fully saturated rings. The first-order valence-electron chi connectivity index (χ1n) is 9.59. The summed E-state index contributed by atoms with van der Waals surface area (Å²) in [4.78, 5) is 16.4. The van der Waals surface area contributed by atoms with E-state index in [1.807, 2.05) is 44.3 Å². The minimum Gasteiger partial charge on any atom is -0.444 e. The van der Waals surface area contributed by atoms with E-state index < -0.39 is 17.7 Å². The van der Waals surface area contributed by atoms with Crippen molar-refractivity contribution in [1.29, 1.82) is 5.26 Å². The fourth-order valence-corrected chi connectivity index (χ4v) is 3.23. The number of hydrogen-bond acceptors (Lipinski definition) is 4. The quantitative estimate of drug-likeness (QED) is 0.707. The van der Waals surface area contributed by atoms with Gasteiger partial charge in [0.2, 0.25) is 0 Å². The summed E-state index contributed by atoms with van der Waals surface area (Å²) in [5.74, 6) is 0. The highest BCUT2D eigenvalue weighted by Crippen LogP contribution is 2.24. The molecule has 1 amide bonds. The van der Waals surface area contributed by atoms with Gasteiger partial charge in [0.25, 0.3) is 0 Å². The minimum atomic E-state index is -0.649. The average Bonchev–Trinajstić information content (AvgIpc) is 3.04. The Bertz CT molecular complexity index is 1070. The van der Waals surface area contributed by atoms with Crippen molar-refractivity contribution in [2.45, 2.75) is 52.7 Å². The van der Waals surface area contributed by atoms with Crippen LogP contribution < -0.4 is 5.32 Å². The van der Waals surface area contributed by atoms with Crippen molar-refractivity contribution in [2.75, 3.05) is 0 Å². The van der Waals surface area contributed by atoms with Crippen LogP contribution in [-0.2, 0) is 11.2 Å². The van der Waals surface area contributed by atoms with Gasteiger partial charge in [0.1, 0.15) is 11.6 Å². The van der Waals surface area contributed by atoms with Crippen molar-refractivity contribution in [3.63, 3.8) is 0 Å². The van der Waals surface area contributed by atoms with E-state index >= 15 is 0 Å². The van der Waals surface area contributed by atoms with Crippen LogP contribution in [0.5, 0.6) is 0 Å². The number of fused-ring (bicyclic) bond motifs is 1. The number of hydrogen-bond donors (Lipinski definition) is 1. The van der Waals surface area contributed by atoms with Crippen LogP contribution in [0.3, 0.4) is 0 Å². The van der Waals surface area contributed by atoms with Crippen molar-refractivity contribution in [2.24, 2.45) is 0 Å². The van der Waals surface area contributed by atoms with E-state index in [4.69, 9.17) is 4.74 Å². The monoisotopic (exact) mass is 390 g/mol. The second kappa shape index (κ2) is 7.96. The molecule has 0 aliphatic carbocycles. The van der Waals surface area contributed by atoms with E-state index in [9.17, 15) is 10.1 Å². The molecule has 6 nitrogen and oxygen atoms in total. The number of aromatic nitrogens is 2. The molecular formula is C23H26N4O2. The predicted molar refractivity (Wildman–Crippen MR) is 113 cm³/mol. The molecule has 29 heavy (non-hydrogen) atoms. The summed E-state index contributed by atoms with van der Waals surface area (Å²) in [6, 6.07) is 11.6. The van der Waals surface area contributed by atoms with Crippen LogP contribution in [0.2, 0.25) is 0 Å². The minimum absolute atomic E-state index is 0.413. The number of aryl methyl sites for hydroxylation is 2. The summed E-state index contributed by atoms with van der Waals surface area (Å²) in [5.41, 5.74) is 5.62. The summed E-state index contributed by atoms with van der Waals surface area (Å²) in [7, 11) is 0. The zero-order valence-corrected chi connectivity index (χ0v) is 17.5. The van der Waals surface area contributed by atoms with Crippen LogP contribution in [0, 0.1) is 25.2 Å². The average molecular weight is 390 g/mol. The van der Waals surface area contributed by atoms with Crippen molar-refractivity contribution in [3.05, 3.63) is 59.7 Å². The van der Waals surface area contributed by atoms with Crippen LogP contribution in [-0.4, -0.2) is 27.1 Å². The molecule has 1 aromatic carbocycles. The SMILES string of the molecule is Cc1cn2cc(-c3ccc(C[C@@H](C#N)NC(=O)OC(C)(C)C)cc3)cc2c(C)n1. The molecule has 0 radical (unpaired) electrons. The standard InChI is InChI=1S/C23H26N4O2/c1-15-13-27-14-19(11-21(27)16(2)25-15)18-8-6-17(7-9-18)10-20(12-24)26-22(28)29-23(3,4)5/h6-9,11,13-14,20H,10H2,1-5H3,(H,26,28)/t20-/m0/s1. The van der Waals surface area contributed by atoms with Crippen LogP contribution in [0.4, 0.5) is 4.79 Å². The second-order valence-corrected chi connectivity index (χ2v) is 8.22. The molecule has 150 valence electrons. The van der Waals surface area contributed by atoms with E-state index in [1.165, 1.54) is 0 Å². The van der Waals surface area contributed by atoms with Crippen LogP contribution in [0.1, 0.15) is 37.7 Å². The number of carbonyl (C=O) groups is 1. The normalized spacial score (nSPS) is 12.4. The zero-order chi connectivity index (χ0) is 21.2.